The molecule has 0 heterocycles. The van der Waals surface area contributed by atoms with E-state index in [1.807, 2.05) is 0 Å². The zero-order chi connectivity index (χ0) is 48.8. The molecule has 0 bridgehead atoms. The van der Waals surface area contributed by atoms with Crippen LogP contribution in [0.5, 0.6) is 0 Å². The summed E-state index contributed by atoms with van der Waals surface area (Å²) in [6.45, 7) is 0. The summed E-state index contributed by atoms with van der Waals surface area (Å²) in [4.78, 5) is 6.96. The minimum absolute atomic E-state index is 1.10. The zero-order valence-electron chi connectivity index (χ0n) is 40.3. The predicted octanol–water partition coefficient (Wildman–Crippen LogP) is 19.9. The van der Waals surface area contributed by atoms with Crippen molar-refractivity contribution in [3.8, 4) is 44.5 Å². The van der Waals surface area contributed by atoms with Crippen LogP contribution >= 0.6 is 0 Å². The van der Waals surface area contributed by atoms with E-state index in [9.17, 15) is 0 Å². The highest BCUT2D eigenvalue weighted by atomic mass is 15.2. The number of rotatable bonds is 13. The van der Waals surface area contributed by atoms with Gasteiger partial charge in [-0.3, -0.25) is 0 Å². The summed E-state index contributed by atoms with van der Waals surface area (Å²) in [7, 11) is 0. The van der Waals surface area contributed by atoms with E-state index in [0.717, 1.165) is 51.2 Å². The van der Waals surface area contributed by atoms with Gasteiger partial charge in [0.15, 0.2) is 0 Å². The van der Waals surface area contributed by atoms with Gasteiger partial charge in [0.2, 0.25) is 0 Å². The van der Waals surface area contributed by atoms with Crippen molar-refractivity contribution in [1.29, 1.82) is 0 Å². The minimum Gasteiger partial charge on any atom is -0.311 e. The summed E-state index contributed by atoms with van der Waals surface area (Å²) in [6.07, 6.45) is 0. The van der Waals surface area contributed by atoms with Crippen LogP contribution in [-0.4, -0.2) is 0 Å². The van der Waals surface area contributed by atoms with Crippen LogP contribution in [0, 0.1) is 0 Å². The third-order valence-electron chi connectivity index (χ3n) is 13.7. The highest BCUT2D eigenvalue weighted by Crippen LogP contribution is 2.41. The highest BCUT2D eigenvalue weighted by molar-refractivity contribution is 5.99. The summed E-state index contributed by atoms with van der Waals surface area (Å²) in [6, 6.07) is 111. The fourth-order valence-corrected chi connectivity index (χ4v) is 9.96. The number of para-hydroxylation sites is 4. The Balaban J connectivity index is 0.750. The Morgan fingerprint density at radius 3 is 0.685 bits per heavy atom. The molecule has 0 saturated carbocycles. The molecular weight excluding hydrogens is 883 g/mol. The largest absolute Gasteiger partial charge is 0.311 e. The van der Waals surface area contributed by atoms with Gasteiger partial charge in [0.1, 0.15) is 0 Å². The second-order valence-electron chi connectivity index (χ2n) is 18.2. The number of benzene rings is 12. The molecule has 0 unspecified atom stereocenters. The molecule has 0 N–H and O–H groups in total. The maximum absolute atomic E-state index is 2.35. The van der Waals surface area contributed by atoms with Crippen LogP contribution in [0.3, 0.4) is 0 Å². The number of hydrogen-bond donors (Lipinski definition) is 0. The standard InChI is InChI=1S/C70H51N3/c1-5-18-61(19-6-1)71(62-20-7-2-8-21-62)65-44-36-56(37-45-65)52-28-30-53(31-29-52)57-38-46-66(47-39-57)72(63-22-9-3-10-23-63)67-48-40-58(41-49-67)54-32-34-55(35-33-54)59-42-50-68(51-43-59)73(64-24-11-4-12-25-64)70-27-15-17-60-16-13-14-26-69(60)70/h1-51H. The monoisotopic (exact) mass is 933 g/mol. The molecule has 0 amide bonds. The van der Waals surface area contributed by atoms with Crippen molar-refractivity contribution in [3.05, 3.63) is 309 Å². The molecule has 0 fully saturated rings. The summed E-state index contributed by atoms with van der Waals surface area (Å²) in [5.74, 6) is 0. The normalized spacial score (nSPS) is 11.0. The smallest absolute Gasteiger partial charge is 0.0540 e. The molecule has 0 spiro atoms. The first kappa shape index (κ1) is 44.5. The average Bonchev–Trinajstić information content (AvgIpc) is 3.47. The molecule has 0 atom stereocenters. The Labute approximate surface area is 428 Å². The minimum atomic E-state index is 1.10. The molecule has 0 saturated heterocycles. The molecule has 0 aliphatic carbocycles. The number of nitrogens with zero attached hydrogens (tertiary/aromatic N) is 3. The molecule has 0 aliphatic rings. The molecular formula is C70H51N3. The quantitative estimate of drug-likeness (QED) is 0.114. The van der Waals surface area contributed by atoms with Crippen LogP contribution in [0.2, 0.25) is 0 Å². The third kappa shape index (κ3) is 9.39. The van der Waals surface area contributed by atoms with Crippen LogP contribution in [0.4, 0.5) is 51.2 Å². The Morgan fingerprint density at radius 1 is 0.151 bits per heavy atom. The molecule has 3 nitrogen and oxygen atoms in total. The zero-order valence-corrected chi connectivity index (χ0v) is 40.3. The second-order valence-corrected chi connectivity index (χ2v) is 18.2. The lowest BCUT2D eigenvalue weighted by Gasteiger charge is -2.27. The van der Waals surface area contributed by atoms with Crippen molar-refractivity contribution in [3.63, 3.8) is 0 Å². The molecule has 346 valence electrons. The average molecular weight is 934 g/mol. The van der Waals surface area contributed by atoms with E-state index in [1.54, 1.807) is 0 Å². The van der Waals surface area contributed by atoms with Crippen LogP contribution < -0.4 is 14.7 Å². The van der Waals surface area contributed by atoms with E-state index < -0.39 is 0 Å². The molecule has 0 aromatic heterocycles. The van der Waals surface area contributed by atoms with Gasteiger partial charge in [-0.05, 0) is 153 Å². The topological polar surface area (TPSA) is 9.72 Å². The van der Waals surface area contributed by atoms with Gasteiger partial charge >= 0.3 is 0 Å². The van der Waals surface area contributed by atoms with Gasteiger partial charge in [-0.2, -0.15) is 0 Å². The van der Waals surface area contributed by atoms with Crippen LogP contribution in [0.15, 0.2) is 309 Å². The second kappa shape index (κ2) is 20.3. The number of fused-ring (bicyclic) bond motifs is 1. The Kier molecular flexibility index (Phi) is 12.4. The van der Waals surface area contributed by atoms with Gasteiger partial charge in [0.25, 0.3) is 0 Å². The van der Waals surface area contributed by atoms with Gasteiger partial charge in [0.05, 0.1) is 5.69 Å². The molecule has 73 heavy (non-hydrogen) atoms. The van der Waals surface area contributed by atoms with Crippen molar-refractivity contribution in [2.45, 2.75) is 0 Å². The molecule has 0 radical (unpaired) electrons. The van der Waals surface area contributed by atoms with E-state index in [0.29, 0.717) is 0 Å². The fourth-order valence-electron chi connectivity index (χ4n) is 9.96. The summed E-state index contributed by atoms with van der Waals surface area (Å²) in [5, 5.41) is 2.44. The van der Waals surface area contributed by atoms with Crippen LogP contribution in [0.25, 0.3) is 55.3 Å². The van der Waals surface area contributed by atoms with E-state index in [4.69, 9.17) is 0 Å². The van der Waals surface area contributed by atoms with Crippen LogP contribution in [0.1, 0.15) is 0 Å². The Morgan fingerprint density at radius 2 is 0.370 bits per heavy atom. The van der Waals surface area contributed by atoms with E-state index in [2.05, 4.69) is 324 Å². The van der Waals surface area contributed by atoms with Crippen molar-refractivity contribution in [2.24, 2.45) is 0 Å². The Hall–Kier alpha value is -9.70. The summed E-state index contributed by atoms with van der Waals surface area (Å²) >= 11 is 0. The van der Waals surface area contributed by atoms with E-state index >= 15 is 0 Å². The van der Waals surface area contributed by atoms with E-state index in [1.165, 1.54) is 55.3 Å². The van der Waals surface area contributed by atoms with Gasteiger partial charge in [-0.25, -0.2) is 0 Å². The first-order chi connectivity index (χ1) is 36.2. The lowest BCUT2D eigenvalue weighted by atomic mass is 9.99. The summed E-state index contributed by atoms with van der Waals surface area (Å²) in [5.41, 5.74) is 19.5. The van der Waals surface area contributed by atoms with Crippen molar-refractivity contribution in [1.82, 2.24) is 0 Å². The van der Waals surface area contributed by atoms with Gasteiger partial charge in [0, 0.05) is 50.9 Å². The maximum atomic E-state index is 2.35. The van der Waals surface area contributed by atoms with Crippen molar-refractivity contribution < 1.29 is 0 Å². The highest BCUT2D eigenvalue weighted by Gasteiger charge is 2.17. The maximum Gasteiger partial charge on any atom is 0.0540 e. The van der Waals surface area contributed by atoms with Gasteiger partial charge < -0.3 is 14.7 Å². The fraction of sp³-hybridized carbons (Fsp3) is 0. The molecule has 12 rings (SSSR count). The van der Waals surface area contributed by atoms with Crippen molar-refractivity contribution >= 4 is 62.0 Å². The lowest BCUT2D eigenvalue weighted by molar-refractivity contribution is 1.28. The molecule has 12 aromatic carbocycles. The van der Waals surface area contributed by atoms with Crippen molar-refractivity contribution in [2.75, 3.05) is 14.7 Å². The summed E-state index contributed by atoms with van der Waals surface area (Å²) < 4.78 is 0. The molecule has 12 aromatic rings. The first-order valence-corrected chi connectivity index (χ1v) is 24.9. The van der Waals surface area contributed by atoms with E-state index in [-0.39, 0.29) is 0 Å². The predicted molar refractivity (Wildman–Crippen MR) is 310 cm³/mol. The first-order valence-electron chi connectivity index (χ1n) is 24.9. The molecule has 3 heteroatoms. The van der Waals surface area contributed by atoms with Gasteiger partial charge in [-0.15, -0.1) is 0 Å². The Bertz CT molecular complexity index is 3670. The number of anilines is 9. The lowest BCUT2D eigenvalue weighted by Crippen LogP contribution is -2.10. The van der Waals surface area contributed by atoms with Gasteiger partial charge in [-0.1, -0.05) is 206 Å². The third-order valence-corrected chi connectivity index (χ3v) is 13.7. The SMILES string of the molecule is c1ccc(N(c2ccccc2)c2ccc(-c3ccc(-c4ccc(N(c5ccccc5)c5ccc(-c6ccc(-c7ccc(N(c8ccccc8)c8cccc9ccccc89)cc7)cc6)cc5)cc4)cc3)cc2)cc1. The molecule has 0 aliphatic heterocycles. The van der Waals surface area contributed by atoms with Crippen LogP contribution in [-0.2, 0) is 0 Å². The number of hydrogen-bond acceptors (Lipinski definition) is 3.